The summed E-state index contributed by atoms with van der Waals surface area (Å²) in [5, 5.41) is 0.853. The lowest BCUT2D eigenvalue weighted by Crippen LogP contribution is -2.37. The van der Waals surface area contributed by atoms with Gasteiger partial charge in [-0.2, -0.15) is 0 Å². The summed E-state index contributed by atoms with van der Waals surface area (Å²) >= 11 is 1.44. The van der Waals surface area contributed by atoms with Crippen LogP contribution in [0.3, 0.4) is 0 Å². The van der Waals surface area contributed by atoms with E-state index in [4.69, 9.17) is 4.42 Å². The number of hydrogen-bond donors (Lipinski definition) is 0. The zero-order valence-electron chi connectivity index (χ0n) is 15.7. The fourth-order valence-corrected chi connectivity index (χ4v) is 3.96. The molecule has 28 heavy (non-hydrogen) atoms. The van der Waals surface area contributed by atoms with Crippen LogP contribution in [-0.4, -0.2) is 19.1 Å². The van der Waals surface area contributed by atoms with E-state index >= 15 is 0 Å². The monoisotopic (exact) mass is 394 g/mol. The molecule has 7 nitrogen and oxygen atoms in total. The number of fused-ring (bicyclic) bond motifs is 1. The van der Waals surface area contributed by atoms with Crippen LogP contribution in [0.4, 0.5) is 0 Å². The van der Waals surface area contributed by atoms with Gasteiger partial charge in [-0.3, -0.25) is 13.9 Å². The number of thioether (sulfide) groups is 1. The highest BCUT2D eigenvalue weighted by atomic mass is 32.2. The number of rotatable bonds is 4. The van der Waals surface area contributed by atoms with Crippen LogP contribution in [0.2, 0.25) is 0 Å². The second-order valence-electron chi connectivity index (χ2n) is 6.51. The Hall–Kier alpha value is -3.13. The Morgan fingerprint density at radius 1 is 1.07 bits per heavy atom. The number of furan rings is 1. The molecule has 0 aliphatic heterocycles. The first-order valence-electron chi connectivity index (χ1n) is 8.65. The molecule has 0 bridgehead atoms. The minimum Gasteiger partial charge on any atom is -0.461 e. The van der Waals surface area contributed by atoms with Gasteiger partial charge in [-0.25, -0.2) is 14.8 Å². The van der Waals surface area contributed by atoms with Crippen LogP contribution in [0.1, 0.15) is 11.1 Å². The highest BCUT2D eigenvalue weighted by molar-refractivity contribution is 7.98. The third kappa shape index (κ3) is 3.16. The summed E-state index contributed by atoms with van der Waals surface area (Å²) in [4.78, 5) is 34.2. The van der Waals surface area contributed by atoms with Gasteiger partial charge in [0.25, 0.3) is 5.56 Å². The van der Waals surface area contributed by atoms with Crippen molar-refractivity contribution in [1.82, 2.24) is 19.1 Å². The molecule has 0 N–H and O–H groups in total. The van der Waals surface area contributed by atoms with Crippen molar-refractivity contribution in [1.29, 1.82) is 0 Å². The maximum absolute atomic E-state index is 12.8. The first kappa shape index (κ1) is 18.2. The largest absolute Gasteiger partial charge is 0.461 e. The number of benzene rings is 1. The Morgan fingerprint density at radius 2 is 1.89 bits per heavy atom. The molecular formula is C20H18N4O3S. The lowest BCUT2D eigenvalue weighted by molar-refractivity contribution is 0.576. The standard InChI is InChI=1S/C20H18N4O3S/c1-12-6-4-7-13(10-12)11-28-18-15-17(23(2)20(26)24(3)19(15)25)21-16(22-18)14-8-5-9-27-14/h4-10H,11H2,1-3H3. The van der Waals surface area contributed by atoms with Crippen LogP contribution in [0.25, 0.3) is 22.6 Å². The fraction of sp³-hybridized carbons (Fsp3) is 0.200. The highest BCUT2D eigenvalue weighted by Crippen LogP contribution is 2.28. The predicted molar refractivity (Wildman–Crippen MR) is 108 cm³/mol. The summed E-state index contributed by atoms with van der Waals surface area (Å²) in [5.41, 5.74) is 1.74. The quantitative estimate of drug-likeness (QED) is 0.391. The van der Waals surface area contributed by atoms with Crippen LogP contribution in [0.5, 0.6) is 0 Å². The van der Waals surface area contributed by atoms with Gasteiger partial charge in [0.1, 0.15) is 10.4 Å². The van der Waals surface area contributed by atoms with Crippen LogP contribution >= 0.6 is 11.8 Å². The van der Waals surface area contributed by atoms with Gasteiger partial charge in [0, 0.05) is 19.8 Å². The van der Waals surface area contributed by atoms with Gasteiger partial charge >= 0.3 is 5.69 Å². The van der Waals surface area contributed by atoms with Gasteiger partial charge in [-0.1, -0.05) is 29.8 Å². The van der Waals surface area contributed by atoms with Crippen LogP contribution in [-0.2, 0) is 19.8 Å². The van der Waals surface area contributed by atoms with Gasteiger partial charge in [0.15, 0.2) is 17.2 Å². The first-order chi connectivity index (χ1) is 13.5. The molecule has 4 rings (SSSR count). The normalized spacial score (nSPS) is 11.2. The molecule has 0 saturated heterocycles. The topological polar surface area (TPSA) is 82.9 Å². The average Bonchev–Trinajstić information content (AvgIpc) is 3.23. The van der Waals surface area contributed by atoms with Crippen LogP contribution < -0.4 is 11.2 Å². The molecule has 0 spiro atoms. The van der Waals surface area contributed by atoms with Gasteiger partial charge in [0.2, 0.25) is 0 Å². The fourth-order valence-electron chi connectivity index (χ4n) is 3.00. The Balaban J connectivity index is 1.92. The van der Waals surface area contributed by atoms with Crippen molar-refractivity contribution in [3.05, 3.63) is 74.6 Å². The molecular weight excluding hydrogens is 376 g/mol. The van der Waals surface area contributed by atoms with Crippen LogP contribution in [0, 0.1) is 6.92 Å². The van der Waals surface area contributed by atoms with Crippen molar-refractivity contribution < 1.29 is 4.42 Å². The predicted octanol–water partition coefficient (Wildman–Crippen LogP) is 2.89. The molecule has 3 aromatic heterocycles. The van der Waals surface area contributed by atoms with E-state index in [1.807, 2.05) is 25.1 Å². The maximum Gasteiger partial charge on any atom is 0.332 e. The van der Waals surface area contributed by atoms with E-state index in [2.05, 4.69) is 16.0 Å². The van der Waals surface area contributed by atoms with E-state index in [1.165, 1.54) is 35.2 Å². The number of nitrogens with zero attached hydrogens (tertiary/aromatic N) is 4. The summed E-state index contributed by atoms with van der Waals surface area (Å²) in [6.07, 6.45) is 1.53. The zero-order valence-corrected chi connectivity index (χ0v) is 16.5. The van der Waals surface area contributed by atoms with E-state index in [1.54, 1.807) is 19.2 Å². The molecule has 3 heterocycles. The Morgan fingerprint density at radius 3 is 2.61 bits per heavy atom. The average molecular weight is 394 g/mol. The molecule has 0 saturated carbocycles. The molecule has 1 aromatic carbocycles. The molecule has 0 unspecified atom stereocenters. The Bertz CT molecular complexity index is 1290. The summed E-state index contributed by atoms with van der Waals surface area (Å²) in [6.45, 7) is 2.04. The van der Waals surface area contributed by atoms with E-state index in [9.17, 15) is 9.59 Å². The minimum atomic E-state index is -0.434. The number of aryl methyl sites for hydroxylation is 2. The summed E-state index contributed by atoms with van der Waals surface area (Å²) in [6, 6.07) is 11.7. The smallest absolute Gasteiger partial charge is 0.332 e. The van der Waals surface area contributed by atoms with Crippen molar-refractivity contribution in [2.45, 2.75) is 17.7 Å². The molecule has 142 valence electrons. The van der Waals surface area contributed by atoms with E-state index in [-0.39, 0.29) is 0 Å². The van der Waals surface area contributed by atoms with E-state index in [0.29, 0.717) is 33.4 Å². The van der Waals surface area contributed by atoms with E-state index < -0.39 is 11.2 Å². The van der Waals surface area contributed by atoms with Crippen LogP contribution in [0.15, 0.2) is 61.7 Å². The second kappa shape index (κ2) is 7.12. The van der Waals surface area contributed by atoms with Gasteiger partial charge in [-0.15, -0.1) is 11.8 Å². The number of aromatic nitrogens is 4. The second-order valence-corrected chi connectivity index (χ2v) is 7.48. The van der Waals surface area contributed by atoms with Crippen molar-refractivity contribution in [3.8, 4) is 11.6 Å². The highest BCUT2D eigenvalue weighted by Gasteiger charge is 2.19. The lowest BCUT2D eigenvalue weighted by atomic mass is 10.2. The molecule has 0 atom stereocenters. The molecule has 0 fully saturated rings. The summed E-state index contributed by atoms with van der Waals surface area (Å²) in [5.74, 6) is 1.46. The Labute approximate surface area is 164 Å². The lowest BCUT2D eigenvalue weighted by Gasteiger charge is -2.11. The number of hydrogen-bond acceptors (Lipinski definition) is 6. The molecule has 0 radical (unpaired) electrons. The molecule has 0 aliphatic rings. The first-order valence-corrected chi connectivity index (χ1v) is 9.64. The summed E-state index contributed by atoms with van der Waals surface area (Å²) in [7, 11) is 3.05. The van der Waals surface area contributed by atoms with Gasteiger partial charge in [0.05, 0.1) is 6.26 Å². The van der Waals surface area contributed by atoms with Crippen molar-refractivity contribution in [2.75, 3.05) is 0 Å². The summed E-state index contributed by atoms with van der Waals surface area (Å²) < 4.78 is 7.86. The van der Waals surface area contributed by atoms with Crippen molar-refractivity contribution in [2.24, 2.45) is 14.1 Å². The molecule has 8 heteroatoms. The molecule has 4 aromatic rings. The van der Waals surface area contributed by atoms with Crippen molar-refractivity contribution >= 4 is 22.8 Å². The maximum atomic E-state index is 12.8. The molecule has 0 aliphatic carbocycles. The SMILES string of the molecule is Cc1cccc(CSc2nc(-c3ccco3)nc3c2c(=O)n(C)c(=O)n3C)c1. The molecule has 0 amide bonds. The van der Waals surface area contributed by atoms with Gasteiger partial charge < -0.3 is 4.42 Å². The minimum absolute atomic E-state index is 0.293. The van der Waals surface area contributed by atoms with Crippen molar-refractivity contribution in [3.63, 3.8) is 0 Å². The van der Waals surface area contributed by atoms with Gasteiger partial charge in [-0.05, 0) is 24.6 Å². The van der Waals surface area contributed by atoms with E-state index in [0.717, 1.165) is 10.1 Å². The Kier molecular flexibility index (Phi) is 4.64. The zero-order chi connectivity index (χ0) is 19.8. The third-order valence-corrected chi connectivity index (χ3v) is 5.51. The third-order valence-electron chi connectivity index (χ3n) is 4.47.